The Kier molecular flexibility index (Phi) is 5.18. The average Bonchev–Trinajstić information content (AvgIpc) is 2.49. The normalized spacial score (nSPS) is 16.2. The highest BCUT2D eigenvalue weighted by Gasteiger charge is 2.13. The van der Waals surface area contributed by atoms with Crippen LogP contribution in [0.2, 0.25) is 0 Å². The molecule has 4 heteroatoms. The number of hydrogen-bond acceptors (Lipinski definition) is 3. The number of amides is 1. The van der Waals surface area contributed by atoms with Gasteiger partial charge in [0, 0.05) is 13.1 Å². The predicted octanol–water partition coefficient (Wildman–Crippen LogP) is 1.97. The molecule has 1 amide bonds. The molecule has 2 N–H and O–H groups in total. The van der Waals surface area contributed by atoms with Crippen molar-refractivity contribution in [2.45, 2.75) is 26.4 Å². The van der Waals surface area contributed by atoms with Crippen LogP contribution in [-0.2, 0) is 4.79 Å². The molecule has 1 heterocycles. The molecular weight excluding hydrogens is 252 g/mol. The quantitative estimate of drug-likeness (QED) is 0.863. The highest BCUT2D eigenvalue weighted by Crippen LogP contribution is 2.22. The molecule has 1 unspecified atom stereocenters. The Morgan fingerprint density at radius 1 is 1.40 bits per heavy atom. The van der Waals surface area contributed by atoms with Crippen LogP contribution in [0, 0.1) is 0 Å². The SMILES string of the molecule is CCNC(=O)C(C)Oc1ccc(C2=CCNCC2)cc1. The second kappa shape index (κ2) is 7.10. The zero-order chi connectivity index (χ0) is 14.4. The number of carbonyl (C=O) groups excluding carboxylic acids is 1. The number of likely N-dealkylation sites (N-methyl/N-ethyl adjacent to an activating group) is 1. The van der Waals surface area contributed by atoms with Crippen LogP contribution in [-0.4, -0.2) is 31.6 Å². The first kappa shape index (κ1) is 14.6. The third-order valence-corrected chi connectivity index (χ3v) is 3.32. The van der Waals surface area contributed by atoms with Crippen LogP contribution >= 0.6 is 0 Å². The van der Waals surface area contributed by atoms with E-state index >= 15 is 0 Å². The van der Waals surface area contributed by atoms with E-state index < -0.39 is 6.10 Å². The fourth-order valence-corrected chi connectivity index (χ4v) is 2.21. The average molecular weight is 274 g/mol. The number of ether oxygens (including phenoxy) is 1. The monoisotopic (exact) mass is 274 g/mol. The molecule has 0 aromatic heterocycles. The second-order valence-corrected chi connectivity index (χ2v) is 4.86. The maximum Gasteiger partial charge on any atom is 0.260 e. The van der Waals surface area contributed by atoms with Gasteiger partial charge in [-0.05, 0) is 50.1 Å². The van der Waals surface area contributed by atoms with Crippen LogP contribution in [0.15, 0.2) is 30.3 Å². The largest absolute Gasteiger partial charge is 0.481 e. The Balaban J connectivity index is 1.97. The van der Waals surface area contributed by atoms with Crippen molar-refractivity contribution < 1.29 is 9.53 Å². The van der Waals surface area contributed by atoms with Gasteiger partial charge in [-0.15, -0.1) is 0 Å². The maximum atomic E-state index is 11.6. The van der Waals surface area contributed by atoms with E-state index in [9.17, 15) is 4.79 Å². The molecule has 0 saturated heterocycles. The Morgan fingerprint density at radius 3 is 2.75 bits per heavy atom. The van der Waals surface area contributed by atoms with Crippen molar-refractivity contribution in [2.75, 3.05) is 19.6 Å². The van der Waals surface area contributed by atoms with E-state index in [1.54, 1.807) is 6.92 Å². The van der Waals surface area contributed by atoms with E-state index in [1.165, 1.54) is 11.1 Å². The second-order valence-electron chi connectivity index (χ2n) is 4.86. The Hall–Kier alpha value is -1.81. The minimum atomic E-state index is -0.473. The van der Waals surface area contributed by atoms with E-state index in [1.807, 2.05) is 19.1 Å². The number of rotatable bonds is 5. The van der Waals surface area contributed by atoms with Gasteiger partial charge in [-0.25, -0.2) is 0 Å². The molecule has 0 saturated carbocycles. The molecule has 2 rings (SSSR count). The smallest absolute Gasteiger partial charge is 0.260 e. The van der Waals surface area contributed by atoms with Crippen LogP contribution in [0.5, 0.6) is 5.75 Å². The fraction of sp³-hybridized carbons (Fsp3) is 0.438. The molecular formula is C16H22N2O2. The molecule has 1 aromatic carbocycles. The van der Waals surface area contributed by atoms with E-state index in [4.69, 9.17) is 4.74 Å². The highest BCUT2D eigenvalue weighted by atomic mass is 16.5. The summed E-state index contributed by atoms with van der Waals surface area (Å²) in [4.78, 5) is 11.6. The Morgan fingerprint density at radius 2 is 2.15 bits per heavy atom. The molecule has 4 nitrogen and oxygen atoms in total. The first-order chi connectivity index (χ1) is 9.70. The maximum absolute atomic E-state index is 11.6. The summed E-state index contributed by atoms with van der Waals surface area (Å²) in [5, 5.41) is 6.05. The summed E-state index contributed by atoms with van der Waals surface area (Å²) in [6.07, 6.45) is 2.80. The van der Waals surface area contributed by atoms with Crippen molar-refractivity contribution >= 4 is 11.5 Å². The van der Waals surface area contributed by atoms with Crippen molar-refractivity contribution in [2.24, 2.45) is 0 Å². The van der Waals surface area contributed by atoms with Gasteiger partial charge in [0.1, 0.15) is 5.75 Å². The number of nitrogens with one attached hydrogen (secondary N) is 2. The molecule has 0 fully saturated rings. The topological polar surface area (TPSA) is 50.4 Å². The third-order valence-electron chi connectivity index (χ3n) is 3.32. The summed E-state index contributed by atoms with van der Waals surface area (Å²) in [5.41, 5.74) is 2.59. The summed E-state index contributed by atoms with van der Waals surface area (Å²) in [5.74, 6) is 0.639. The first-order valence-electron chi connectivity index (χ1n) is 7.15. The minimum absolute atomic E-state index is 0.0855. The number of hydrogen-bond donors (Lipinski definition) is 2. The van der Waals surface area contributed by atoms with Crippen molar-refractivity contribution in [1.29, 1.82) is 0 Å². The molecule has 1 atom stereocenters. The molecule has 0 spiro atoms. The van der Waals surface area contributed by atoms with Gasteiger partial charge in [0.2, 0.25) is 0 Å². The van der Waals surface area contributed by atoms with E-state index in [0.717, 1.165) is 25.3 Å². The van der Waals surface area contributed by atoms with Crippen LogP contribution in [0.3, 0.4) is 0 Å². The van der Waals surface area contributed by atoms with Crippen molar-refractivity contribution in [1.82, 2.24) is 10.6 Å². The van der Waals surface area contributed by atoms with Crippen LogP contribution in [0.4, 0.5) is 0 Å². The highest BCUT2D eigenvalue weighted by molar-refractivity contribution is 5.80. The van der Waals surface area contributed by atoms with Crippen LogP contribution in [0.1, 0.15) is 25.8 Å². The van der Waals surface area contributed by atoms with Gasteiger partial charge in [-0.2, -0.15) is 0 Å². The van der Waals surface area contributed by atoms with Gasteiger partial charge in [-0.3, -0.25) is 4.79 Å². The standard InChI is InChI=1S/C16H22N2O2/c1-3-18-16(19)12(2)20-15-6-4-13(5-7-15)14-8-10-17-11-9-14/h4-8,12,17H,3,9-11H2,1-2H3,(H,18,19). The van der Waals surface area contributed by atoms with Gasteiger partial charge in [0.15, 0.2) is 6.10 Å². The Labute approximate surface area is 120 Å². The predicted molar refractivity (Wildman–Crippen MR) is 80.7 cm³/mol. The summed E-state index contributed by atoms with van der Waals surface area (Å²) in [6.45, 7) is 6.23. The summed E-state index contributed by atoms with van der Waals surface area (Å²) >= 11 is 0. The first-order valence-corrected chi connectivity index (χ1v) is 7.15. The number of carbonyl (C=O) groups is 1. The van der Waals surface area contributed by atoms with Crippen molar-refractivity contribution in [3.63, 3.8) is 0 Å². The lowest BCUT2D eigenvalue weighted by atomic mass is 10.0. The lowest BCUT2D eigenvalue weighted by Gasteiger charge is -2.16. The zero-order valence-corrected chi connectivity index (χ0v) is 12.1. The Bertz CT molecular complexity index is 480. The van der Waals surface area contributed by atoms with E-state index in [2.05, 4.69) is 28.8 Å². The van der Waals surface area contributed by atoms with E-state index in [-0.39, 0.29) is 5.91 Å². The lowest BCUT2D eigenvalue weighted by molar-refractivity contribution is -0.127. The number of benzene rings is 1. The summed E-state index contributed by atoms with van der Waals surface area (Å²) < 4.78 is 5.63. The zero-order valence-electron chi connectivity index (χ0n) is 12.1. The minimum Gasteiger partial charge on any atom is -0.481 e. The lowest BCUT2D eigenvalue weighted by Crippen LogP contribution is -2.36. The molecule has 0 bridgehead atoms. The summed E-state index contributed by atoms with van der Waals surface area (Å²) in [7, 11) is 0. The van der Waals surface area contributed by atoms with Gasteiger partial charge in [0.25, 0.3) is 5.91 Å². The van der Waals surface area contributed by atoms with Crippen molar-refractivity contribution in [3.05, 3.63) is 35.9 Å². The summed E-state index contributed by atoms with van der Waals surface area (Å²) in [6, 6.07) is 7.95. The fourth-order valence-electron chi connectivity index (χ4n) is 2.21. The van der Waals surface area contributed by atoms with Gasteiger partial charge < -0.3 is 15.4 Å². The molecule has 1 aliphatic heterocycles. The van der Waals surface area contributed by atoms with Gasteiger partial charge >= 0.3 is 0 Å². The molecule has 0 aliphatic carbocycles. The third kappa shape index (κ3) is 3.84. The van der Waals surface area contributed by atoms with Crippen molar-refractivity contribution in [3.8, 4) is 5.75 Å². The molecule has 1 aliphatic rings. The van der Waals surface area contributed by atoms with Gasteiger partial charge in [0.05, 0.1) is 0 Å². The van der Waals surface area contributed by atoms with Gasteiger partial charge in [-0.1, -0.05) is 18.2 Å². The molecule has 20 heavy (non-hydrogen) atoms. The van der Waals surface area contributed by atoms with Crippen LogP contribution < -0.4 is 15.4 Å². The van der Waals surface area contributed by atoms with E-state index in [0.29, 0.717) is 6.54 Å². The molecule has 0 radical (unpaired) electrons. The molecule has 1 aromatic rings. The van der Waals surface area contributed by atoms with Crippen LogP contribution in [0.25, 0.3) is 5.57 Å². The molecule has 108 valence electrons.